The molecule has 0 amide bonds. The molecule has 94 valence electrons. The quantitative estimate of drug-likeness (QED) is 0.657. The minimum absolute atomic E-state index is 0.0957. The lowest BCUT2D eigenvalue weighted by atomic mass is 10.3. The summed E-state index contributed by atoms with van der Waals surface area (Å²) < 4.78 is 18.6. The van der Waals surface area contributed by atoms with Gasteiger partial charge in [0.25, 0.3) is 0 Å². The first-order valence-corrected chi connectivity index (χ1v) is 6.04. The second-order valence-corrected chi connectivity index (χ2v) is 4.56. The molecular weight excluding hydrogens is 257 g/mol. The molecule has 0 saturated heterocycles. The van der Waals surface area contributed by atoms with Gasteiger partial charge in [-0.1, -0.05) is 0 Å². The van der Waals surface area contributed by atoms with Crippen molar-refractivity contribution < 1.29 is 18.7 Å². The molecule has 0 atom stereocenters. The third-order valence-electron chi connectivity index (χ3n) is 2.29. The van der Waals surface area contributed by atoms with Crippen molar-refractivity contribution in [3.63, 3.8) is 0 Å². The van der Waals surface area contributed by atoms with Crippen LogP contribution in [-0.2, 0) is 5.75 Å². The number of benzene rings is 1. The summed E-state index contributed by atoms with van der Waals surface area (Å²) in [6, 6.07) is 5.74. The van der Waals surface area contributed by atoms with Crippen molar-refractivity contribution in [1.82, 2.24) is 0 Å². The van der Waals surface area contributed by atoms with E-state index in [4.69, 9.17) is 15.3 Å². The number of halogens is 1. The number of hydrogen-bond acceptors (Lipinski definition) is 4. The van der Waals surface area contributed by atoms with Crippen LogP contribution in [0.3, 0.4) is 0 Å². The number of carboxylic acid groups (broad SMARTS) is 1. The summed E-state index contributed by atoms with van der Waals surface area (Å²) in [6.45, 7) is 0. The summed E-state index contributed by atoms with van der Waals surface area (Å²) >= 11 is 1.16. The molecule has 0 saturated carbocycles. The van der Waals surface area contributed by atoms with Gasteiger partial charge in [0.1, 0.15) is 17.1 Å². The summed E-state index contributed by atoms with van der Waals surface area (Å²) in [5.41, 5.74) is 5.88. The van der Waals surface area contributed by atoms with Crippen LogP contribution in [0.1, 0.15) is 16.1 Å². The zero-order valence-electron chi connectivity index (χ0n) is 9.22. The van der Waals surface area contributed by atoms with E-state index in [0.717, 1.165) is 11.8 Å². The number of rotatable bonds is 4. The maximum Gasteiger partial charge on any atom is 0.339 e. The molecule has 1 aromatic carbocycles. The van der Waals surface area contributed by atoms with E-state index in [1.54, 1.807) is 12.1 Å². The van der Waals surface area contributed by atoms with Crippen molar-refractivity contribution in [2.45, 2.75) is 10.6 Å². The Bertz CT molecular complexity index is 582. The molecule has 0 fully saturated rings. The predicted octanol–water partition coefficient (Wildman–Crippen LogP) is 2.99. The second-order valence-electron chi connectivity index (χ2n) is 3.54. The number of carboxylic acids is 1. The van der Waals surface area contributed by atoms with E-state index in [-0.39, 0.29) is 11.3 Å². The van der Waals surface area contributed by atoms with Crippen LogP contribution in [0.5, 0.6) is 0 Å². The molecular formula is C12H10FNO3S. The molecule has 6 heteroatoms. The third-order valence-corrected chi connectivity index (χ3v) is 3.34. The van der Waals surface area contributed by atoms with Crippen LogP contribution in [0.15, 0.2) is 39.8 Å². The molecule has 1 aromatic heterocycles. The van der Waals surface area contributed by atoms with Gasteiger partial charge in [0.05, 0.1) is 12.0 Å². The fraction of sp³-hybridized carbons (Fsp3) is 0.0833. The van der Waals surface area contributed by atoms with E-state index in [1.807, 2.05) is 0 Å². The normalized spacial score (nSPS) is 10.5. The highest BCUT2D eigenvalue weighted by Crippen LogP contribution is 2.28. The fourth-order valence-corrected chi connectivity index (χ4v) is 2.29. The van der Waals surface area contributed by atoms with Crippen molar-refractivity contribution in [2.75, 3.05) is 5.73 Å². The highest BCUT2D eigenvalue weighted by molar-refractivity contribution is 7.98. The lowest BCUT2D eigenvalue weighted by Gasteiger charge is -2.03. The van der Waals surface area contributed by atoms with Gasteiger partial charge in [-0.05, 0) is 24.3 Å². The van der Waals surface area contributed by atoms with Crippen LogP contribution in [0.25, 0.3) is 0 Å². The zero-order chi connectivity index (χ0) is 13.1. The van der Waals surface area contributed by atoms with Crippen LogP contribution in [0, 0.1) is 5.82 Å². The number of furan rings is 1. The Labute approximate surface area is 107 Å². The number of nitrogen functional groups attached to an aromatic ring is 1. The maximum atomic E-state index is 13.5. The van der Waals surface area contributed by atoms with E-state index in [2.05, 4.69) is 0 Å². The molecule has 4 nitrogen and oxygen atoms in total. The Kier molecular flexibility index (Phi) is 3.57. The lowest BCUT2D eigenvalue weighted by Crippen LogP contribution is -1.97. The van der Waals surface area contributed by atoms with Crippen molar-refractivity contribution in [3.8, 4) is 0 Å². The van der Waals surface area contributed by atoms with E-state index in [1.165, 1.54) is 18.4 Å². The Morgan fingerprint density at radius 3 is 2.89 bits per heavy atom. The van der Waals surface area contributed by atoms with Crippen LogP contribution in [-0.4, -0.2) is 11.1 Å². The van der Waals surface area contributed by atoms with Gasteiger partial charge >= 0.3 is 5.97 Å². The van der Waals surface area contributed by atoms with Crippen LogP contribution < -0.4 is 5.73 Å². The Morgan fingerprint density at radius 1 is 1.44 bits per heavy atom. The summed E-state index contributed by atoms with van der Waals surface area (Å²) in [7, 11) is 0. The molecule has 18 heavy (non-hydrogen) atoms. The van der Waals surface area contributed by atoms with Gasteiger partial charge in [0.2, 0.25) is 0 Å². The topological polar surface area (TPSA) is 76.5 Å². The largest absolute Gasteiger partial charge is 0.478 e. The van der Waals surface area contributed by atoms with Crippen molar-refractivity contribution in [3.05, 3.63) is 47.7 Å². The standard InChI is InChI=1S/C12H10FNO3S/c13-9-5-7(14)1-2-11(9)18-6-10-8(12(15)16)3-4-17-10/h1-5H,6,14H2,(H,15,16). The van der Waals surface area contributed by atoms with Crippen molar-refractivity contribution >= 4 is 23.4 Å². The minimum atomic E-state index is -1.06. The zero-order valence-corrected chi connectivity index (χ0v) is 10.0. The Hall–Kier alpha value is -1.95. The van der Waals surface area contributed by atoms with Gasteiger partial charge < -0.3 is 15.3 Å². The molecule has 0 aliphatic heterocycles. The molecule has 3 N–H and O–H groups in total. The first-order chi connectivity index (χ1) is 8.58. The molecule has 0 radical (unpaired) electrons. The van der Waals surface area contributed by atoms with Gasteiger partial charge in [-0.15, -0.1) is 11.8 Å². The number of thioether (sulfide) groups is 1. The predicted molar refractivity (Wildman–Crippen MR) is 66.0 cm³/mol. The molecule has 2 rings (SSSR count). The third kappa shape index (κ3) is 2.65. The molecule has 0 spiro atoms. The fourth-order valence-electron chi connectivity index (χ4n) is 1.42. The van der Waals surface area contributed by atoms with Gasteiger partial charge in [-0.2, -0.15) is 0 Å². The molecule has 0 aliphatic carbocycles. The Morgan fingerprint density at radius 2 is 2.22 bits per heavy atom. The molecule has 0 aliphatic rings. The summed E-state index contributed by atoms with van der Waals surface area (Å²) in [6.07, 6.45) is 1.30. The average molecular weight is 267 g/mol. The van der Waals surface area contributed by atoms with Crippen LogP contribution in [0.4, 0.5) is 10.1 Å². The lowest BCUT2D eigenvalue weighted by molar-refractivity contribution is 0.0695. The Balaban J connectivity index is 2.11. The van der Waals surface area contributed by atoms with Crippen molar-refractivity contribution in [1.29, 1.82) is 0 Å². The molecule has 0 unspecified atom stereocenters. The van der Waals surface area contributed by atoms with Gasteiger partial charge in [-0.25, -0.2) is 9.18 Å². The molecule has 0 bridgehead atoms. The monoisotopic (exact) mass is 267 g/mol. The van der Waals surface area contributed by atoms with Gasteiger partial charge in [0, 0.05) is 10.6 Å². The number of nitrogens with two attached hydrogens (primary N) is 1. The first-order valence-electron chi connectivity index (χ1n) is 5.05. The number of aromatic carboxylic acids is 1. The molecule has 2 aromatic rings. The van der Waals surface area contributed by atoms with Crippen LogP contribution in [0.2, 0.25) is 0 Å². The minimum Gasteiger partial charge on any atom is -0.478 e. The maximum absolute atomic E-state index is 13.5. The SMILES string of the molecule is Nc1ccc(SCc2occc2C(=O)O)c(F)c1. The molecule has 1 heterocycles. The number of hydrogen-bond donors (Lipinski definition) is 2. The van der Waals surface area contributed by atoms with Crippen molar-refractivity contribution in [2.24, 2.45) is 0 Å². The summed E-state index contributed by atoms with van der Waals surface area (Å²) in [4.78, 5) is 11.2. The van der Waals surface area contributed by atoms with Gasteiger partial charge in [-0.3, -0.25) is 0 Å². The smallest absolute Gasteiger partial charge is 0.339 e. The van der Waals surface area contributed by atoms with E-state index < -0.39 is 11.8 Å². The summed E-state index contributed by atoms with van der Waals surface area (Å²) in [5.74, 6) is -0.931. The average Bonchev–Trinajstić information content (AvgIpc) is 2.76. The van der Waals surface area contributed by atoms with E-state index >= 15 is 0 Å². The second kappa shape index (κ2) is 5.14. The number of carbonyl (C=O) groups is 1. The first kappa shape index (κ1) is 12.5. The van der Waals surface area contributed by atoms with E-state index in [9.17, 15) is 9.18 Å². The van der Waals surface area contributed by atoms with E-state index in [0.29, 0.717) is 16.3 Å². The van der Waals surface area contributed by atoms with Crippen LogP contribution >= 0.6 is 11.8 Å². The summed E-state index contributed by atoms with van der Waals surface area (Å²) in [5, 5.41) is 8.88. The highest BCUT2D eigenvalue weighted by atomic mass is 32.2. The highest BCUT2D eigenvalue weighted by Gasteiger charge is 2.14. The van der Waals surface area contributed by atoms with Gasteiger partial charge in [0.15, 0.2) is 0 Å². The number of anilines is 1.